The Hall–Kier alpha value is -0.640. The predicted octanol–water partition coefficient (Wildman–Crippen LogP) is 1.41. The number of carbonyl (C=O) groups is 1. The summed E-state index contributed by atoms with van der Waals surface area (Å²) < 4.78 is 0. The molecule has 0 aromatic rings. The third kappa shape index (κ3) is 3.16. The van der Waals surface area contributed by atoms with Gasteiger partial charge in [0.25, 0.3) is 0 Å². The first-order valence-electron chi connectivity index (χ1n) is 5.50. The summed E-state index contributed by atoms with van der Waals surface area (Å²) in [5.74, 6) is 0.922. The Morgan fingerprint density at radius 3 is 2.27 bits per heavy atom. The van der Waals surface area contributed by atoms with Crippen molar-refractivity contribution in [2.45, 2.75) is 27.2 Å². The maximum Gasteiger partial charge on any atom is 0.232 e. The Kier molecular flexibility index (Phi) is 4.08. The number of hydrogen-bond acceptors (Lipinski definition) is 2. The lowest BCUT2D eigenvalue weighted by molar-refractivity contribution is -0.135. The number of amides is 1. The van der Waals surface area contributed by atoms with E-state index in [0.29, 0.717) is 16.8 Å². The minimum Gasteiger partial charge on any atom is -0.393 e. The molecule has 0 bridgehead atoms. The third-order valence-corrected chi connectivity index (χ3v) is 3.33. The van der Waals surface area contributed by atoms with Gasteiger partial charge in [-0.3, -0.25) is 4.79 Å². The molecule has 3 nitrogen and oxygen atoms in total. The van der Waals surface area contributed by atoms with Crippen molar-refractivity contribution in [3.63, 3.8) is 0 Å². The molecule has 4 heteroatoms. The summed E-state index contributed by atoms with van der Waals surface area (Å²) in [6, 6.07) is 0. The molecule has 3 atom stereocenters. The van der Waals surface area contributed by atoms with Crippen LogP contribution in [0.3, 0.4) is 0 Å². The van der Waals surface area contributed by atoms with Crippen molar-refractivity contribution >= 4 is 23.1 Å². The van der Waals surface area contributed by atoms with E-state index in [4.69, 9.17) is 18.0 Å². The molecule has 0 aliphatic carbocycles. The average Bonchev–Trinajstić information content (AvgIpc) is 2.13. The summed E-state index contributed by atoms with van der Waals surface area (Å²) in [5.41, 5.74) is 5.50. The van der Waals surface area contributed by atoms with E-state index in [1.54, 1.807) is 6.92 Å². The molecule has 86 valence electrons. The molecule has 3 unspecified atom stereocenters. The highest BCUT2D eigenvalue weighted by molar-refractivity contribution is 7.80. The highest BCUT2D eigenvalue weighted by Gasteiger charge is 2.28. The van der Waals surface area contributed by atoms with Gasteiger partial charge in [-0.1, -0.05) is 26.1 Å². The molecule has 1 aliphatic heterocycles. The van der Waals surface area contributed by atoms with Gasteiger partial charge < -0.3 is 10.6 Å². The second-order valence-corrected chi connectivity index (χ2v) is 5.28. The van der Waals surface area contributed by atoms with Gasteiger partial charge in [0.15, 0.2) is 0 Å². The summed E-state index contributed by atoms with van der Waals surface area (Å²) in [5, 5.41) is 0. The van der Waals surface area contributed by atoms with E-state index < -0.39 is 0 Å². The molecule has 1 heterocycles. The average molecular weight is 228 g/mol. The van der Waals surface area contributed by atoms with Crippen LogP contribution in [0.25, 0.3) is 0 Å². The zero-order valence-electron chi connectivity index (χ0n) is 9.69. The second-order valence-electron chi connectivity index (χ2n) is 4.81. The SMILES string of the molecule is CC1CC(C)CN(C(=O)C(C)C(N)=S)C1. The molecular formula is C11H20N2OS. The molecule has 0 radical (unpaired) electrons. The first-order chi connectivity index (χ1) is 6.91. The second kappa shape index (κ2) is 4.92. The molecular weight excluding hydrogens is 208 g/mol. The first-order valence-corrected chi connectivity index (χ1v) is 5.90. The number of thiocarbonyl (C=S) groups is 1. The van der Waals surface area contributed by atoms with E-state index in [0.717, 1.165) is 13.1 Å². The van der Waals surface area contributed by atoms with Crippen molar-refractivity contribution in [3.05, 3.63) is 0 Å². The molecule has 15 heavy (non-hydrogen) atoms. The Bertz CT molecular complexity index is 257. The molecule has 0 spiro atoms. The quantitative estimate of drug-likeness (QED) is 0.727. The fourth-order valence-corrected chi connectivity index (χ4v) is 2.34. The van der Waals surface area contributed by atoms with E-state index >= 15 is 0 Å². The van der Waals surface area contributed by atoms with Crippen LogP contribution in [-0.2, 0) is 4.79 Å². The lowest BCUT2D eigenvalue weighted by Crippen LogP contribution is -2.47. The minimum absolute atomic E-state index is 0.0842. The maximum absolute atomic E-state index is 12.0. The van der Waals surface area contributed by atoms with Gasteiger partial charge in [0.1, 0.15) is 0 Å². The standard InChI is InChI=1S/C11H20N2OS/c1-7-4-8(2)6-13(5-7)11(14)9(3)10(12)15/h7-9H,4-6H2,1-3H3,(H2,12,15). The van der Waals surface area contributed by atoms with Crippen molar-refractivity contribution in [1.82, 2.24) is 4.90 Å². The highest BCUT2D eigenvalue weighted by Crippen LogP contribution is 2.22. The van der Waals surface area contributed by atoms with Crippen LogP contribution in [0.15, 0.2) is 0 Å². The van der Waals surface area contributed by atoms with Gasteiger partial charge in [0, 0.05) is 13.1 Å². The van der Waals surface area contributed by atoms with Gasteiger partial charge in [-0.05, 0) is 25.2 Å². The van der Waals surface area contributed by atoms with Gasteiger partial charge in [0.05, 0.1) is 10.9 Å². The minimum atomic E-state index is -0.322. The van der Waals surface area contributed by atoms with E-state index in [9.17, 15) is 4.79 Å². The van der Waals surface area contributed by atoms with Crippen molar-refractivity contribution in [1.29, 1.82) is 0 Å². The first kappa shape index (κ1) is 12.4. The summed E-state index contributed by atoms with van der Waals surface area (Å²) in [6.45, 7) is 7.84. The van der Waals surface area contributed by atoms with E-state index in [-0.39, 0.29) is 11.8 Å². The Morgan fingerprint density at radius 1 is 1.40 bits per heavy atom. The Labute approximate surface area is 97.0 Å². The fourth-order valence-electron chi connectivity index (χ4n) is 2.24. The number of nitrogens with zero attached hydrogens (tertiary/aromatic N) is 1. The molecule has 1 aliphatic rings. The van der Waals surface area contributed by atoms with Crippen molar-refractivity contribution in [3.8, 4) is 0 Å². The van der Waals surface area contributed by atoms with Crippen LogP contribution in [0.4, 0.5) is 0 Å². The van der Waals surface area contributed by atoms with Gasteiger partial charge in [0.2, 0.25) is 5.91 Å². The zero-order valence-corrected chi connectivity index (χ0v) is 10.5. The van der Waals surface area contributed by atoms with Crippen LogP contribution in [0, 0.1) is 17.8 Å². The number of carbonyl (C=O) groups excluding carboxylic acids is 1. The molecule has 1 fully saturated rings. The summed E-state index contributed by atoms with van der Waals surface area (Å²) in [7, 11) is 0. The third-order valence-electron chi connectivity index (χ3n) is 2.98. The van der Waals surface area contributed by atoms with E-state index in [1.165, 1.54) is 6.42 Å². The molecule has 0 aromatic heterocycles. The highest BCUT2D eigenvalue weighted by atomic mass is 32.1. The predicted molar refractivity (Wildman–Crippen MR) is 65.5 cm³/mol. The number of nitrogens with two attached hydrogens (primary N) is 1. The van der Waals surface area contributed by atoms with Gasteiger partial charge in [-0.2, -0.15) is 0 Å². The van der Waals surface area contributed by atoms with Crippen LogP contribution in [0.1, 0.15) is 27.2 Å². The van der Waals surface area contributed by atoms with Gasteiger partial charge in [-0.25, -0.2) is 0 Å². The maximum atomic E-state index is 12.0. The van der Waals surface area contributed by atoms with E-state index in [2.05, 4.69) is 13.8 Å². The number of piperidine rings is 1. The van der Waals surface area contributed by atoms with Gasteiger partial charge in [-0.15, -0.1) is 0 Å². The molecule has 0 aromatic carbocycles. The van der Waals surface area contributed by atoms with Crippen LogP contribution in [0.5, 0.6) is 0 Å². The molecule has 1 rings (SSSR count). The van der Waals surface area contributed by atoms with E-state index in [1.807, 2.05) is 4.90 Å². The Balaban J connectivity index is 2.63. The number of likely N-dealkylation sites (tertiary alicyclic amines) is 1. The molecule has 1 amide bonds. The van der Waals surface area contributed by atoms with Crippen LogP contribution < -0.4 is 5.73 Å². The molecule has 1 saturated heterocycles. The normalized spacial score (nSPS) is 28.6. The zero-order chi connectivity index (χ0) is 11.6. The fraction of sp³-hybridized carbons (Fsp3) is 0.818. The van der Waals surface area contributed by atoms with Gasteiger partial charge >= 0.3 is 0 Å². The molecule has 2 N–H and O–H groups in total. The van der Waals surface area contributed by atoms with Crippen molar-refractivity contribution in [2.24, 2.45) is 23.5 Å². The van der Waals surface area contributed by atoms with Crippen LogP contribution in [-0.4, -0.2) is 28.9 Å². The molecule has 0 saturated carbocycles. The number of rotatable bonds is 2. The monoisotopic (exact) mass is 228 g/mol. The largest absolute Gasteiger partial charge is 0.393 e. The van der Waals surface area contributed by atoms with Crippen molar-refractivity contribution in [2.75, 3.05) is 13.1 Å². The lowest BCUT2D eigenvalue weighted by atomic mass is 9.91. The summed E-state index contributed by atoms with van der Waals surface area (Å²) in [4.78, 5) is 14.2. The van der Waals surface area contributed by atoms with Crippen LogP contribution >= 0.6 is 12.2 Å². The Morgan fingerprint density at radius 2 is 1.87 bits per heavy atom. The summed E-state index contributed by atoms with van der Waals surface area (Å²) >= 11 is 4.85. The summed E-state index contributed by atoms with van der Waals surface area (Å²) in [6.07, 6.45) is 1.20. The number of hydrogen-bond donors (Lipinski definition) is 1. The topological polar surface area (TPSA) is 46.3 Å². The van der Waals surface area contributed by atoms with Crippen LogP contribution in [0.2, 0.25) is 0 Å². The smallest absolute Gasteiger partial charge is 0.232 e. The van der Waals surface area contributed by atoms with Crippen molar-refractivity contribution < 1.29 is 4.79 Å². The lowest BCUT2D eigenvalue weighted by Gasteiger charge is -2.36.